The van der Waals surface area contributed by atoms with E-state index in [1.54, 1.807) is 13.8 Å². The van der Waals surface area contributed by atoms with Crippen LogP contribution in [0.25, 0.3) is 0 Å². The van der Waals surface area contributed by atoms with E-state index in [0.717, 1.165) is 11.1 Å². The van der Waals surface area contributed by atoms with Crippen LogP contribution in [0, 0.1) is 6.92 Å². The van der Waals surface area contributed by atoms with Gasteiger partial charge in [-0.05, 0) is 26.3 Å². The molecule has 1 atom stereocenters. The predicted octanol–water partition coefficient (Wildman–Crippen LogP) is 2.16. The molecule has 0 heterocycles. The highest BCUT2D eigenvalue weighted by Gasteiger charge is 2.27. The van der Waals surface area contributed by atoms with Crippen LogP contribution >= 0.6 is 0 Å². The second-order valence-corrected chi connectivity index (χ2v) is 4.12. The molecule has 0 amide bonds. The number of rotatable bonds is 4. The summed E-state index contributed by atoms with van der Waals surface area (Å²) in [7, 11) is 0. The van der Waals surface area contributed by atoms with E-state index in [2.05, 4.69) is 0 Å². The Kier molecular flexibility index (Phi) is 4.07. The highest BCUT2D eigenvalue weighted by molar-refractivity contribution is 5.71. The molecule has 3 nitrogen and oxygen atoms in total. The third-order valence-corrected chi connectivity index (χ3v) is 2.47. The monoisotopic (exact) mass is 222 g/mol. The summed E-state index contributed by atoms with van der Waals surface area (Å²) in [5.41, 5.74) is 0.682. The first-order valence-corrected chi connectivity index (χ1v) is 5.41. The number of hydrogen-bond donors (Lipinski definition) is 1. The average molecular weight is 222 g/mol. The van der Waals surface area contributed by atoms with Crippen LogP contribution in [0.4, 0.5) is 0 Å². The molecule has 0 aliphatic heterocycles. The van der Waals surface area contributed by atoms with Crippen molar-refractivity contribution in [2.75, 3.05) is 6.61 Å². The zero-order valence-corrected chi connectivity index (χ0v) is 9.99. The van der Waals surface area contributed by atoms with E-state index in [9.17, 15) is 9.90 Å². The highest BCUT2D eigenvalue weighted by Crippen LogP contribution is 2.25. The number of hydrogen-bond acceptors (Lipinski definition) is 3. The number of aryl methyl sites for hydroxylation is 1. The molecular weight excluding hydrogens is 204 g/mol. The van der Waals surface area contributed by atoms with Crippen molar-refractivity contribution in [3.8, 4) is 0 Å². The zero-order chi connectivity index (χ0) is 12.2. The molecule has 88 valence electrons. The summed E-state index contributed by atoms with van der Waals surface area (Å²) >= 11 is 0. The van der Waals surface area contributed by atoms with Gasteiger partial charge in [-0.25, -0.2) is 0 Å². The van der Waals surface area contributed by atoms with Crippen molar-refractivity contribution in [1.29, 1.82) is 0 Å². The van der Waals surface area contributed by atoms with Crippen molar-refractivity contribution in [1.82, 2.24) is 0 Å². The van der Waals surface area contributed by atoms with E-state index in [0.29, 0.717) is 6.61 Å². The van der Waals surface area contributed by atoms with Gasteiger partial charge in [0.2, 0.25) is 0 Å². The number of esters is 1. The van der Waals surface area contributed by atoms with Crippen molar-refractivity contribution in [3.63, 3.8) is 0 Å². The Bertz CT molecular complexity index is 352. The topological polar surface area (TPSA) is 46.5 Å². The smallest absolute Gasteiger partial charge is 0.309 e. The third-order valence-electron chi connectivity index (χ3n) is 2.47. The average Bonchev–Trinajstić information content (AvgIpc) is 2.17. The lowest BCUT2D eigenvalue weighted by Crippen LogP contribution is -2.26. The van der Waals surface area contributed by atoms with Crippen LogP contribution in [-0.2, 0) is 15.1 Å². The predicted molar refractivity (Wildman–Crippen MR) is 62.0 cm³/mol. The van der Waals surface area contributed by atoms with Gasteiger partial charge in [-0.15, -0.1) is 0 Å². The molecule has 0 radical (unpaired) electrons. The SMILES string of the molecule is CCOC(=O)C[C@](C)(O)c1ccc(C)cc1. The third kappa shape index (κ3) is 3.35. The molecule has 0 saturated heterocycles. The van der Waals surface area contributed by atoms with E-state index >= 15 is 0 Å². The number of carbonyl (C=O) groups excluding carboxylic acids is 1. The summed E-state index contributed by atoms with van der Waals surface area (Å²) in [6.45, 7) is 5.68. The van der Waals surface area contributed by atoms with Crippen LogP contribution in [0.2, 0.25) is 0 Å². The summed E-state index contributed by atoms with van der Waals surface area (Å²) < 4.78 is 4.82. The maximum Gasteiger partial charge on any atom is 0.309 e. The van der Waals surface area contributed by atoms with E-state index in [-0.39, 0.29) is 12.4 Å². The normalized spacial score (nSPS) is 14.2. The minimum absolute atomic E-state index is 0.0239. The van der Waals surface area contributed by atoms with Gasteiger partial charge in [0.05, 0.1) is 18.6 Å². The number of ether oxygens (including phenoxy) is 1. The maximum atomic E-state index is 11.3. The Morgan fingerprint density at radius 2 is 1.94 bits per heavy atom. The van der Waals surface area contributed by atoms with Gasteiger partial charge >= 0.3 is 5.97 Å². The molecule has 16 heavy (non-hydrogen) atoms. The maximum absolute atomic E-state index is 11.3. The van der Waals surface area contributed by atoms with Crippen molar-refractivity contribution in [2.45, 2.75) is 32.8 Å². The van der Waals surface area contributed by atoms with Crippen molar-refractivity contribution in [3.05, 3.63) is 35.4 Å². The van der Waals surface area contributed by atoms with Crippen molar-refractivity contribution in [2.24, 2.45) is 0 Å². The Balaban J connectivity index is 2.76. The highest BCUT2D eigenvalue weighted by atomic mass is 16.5. The Morgan fingerprint density at radius 1 is 1.38 bits per heavy atom. The van der Waals surface area contributed by atoms with E-state index in [4.69, 9.17) is 4.74 Å². The standard InChI is InChI=1S/C13H18O3/c1-4-16-12(14)9-13(3,15)11-7-5-10(2)6-8-11/h5-8,15H,4,9H2,1-3H3/t13-/m0/s1. The van der Waals surface area contributed by atoms with Crippen LogP contribution in [-0.4, -0.2) is 17.7 Å². The molecule has 0 saturated carbocycles. The van der Waals surface area contributed by atoms with Gasteiger partial charge in [-0.1, -0.05) is 29.8 Å². The van der Waals surface area contributed by atoms with Gasteiger partial charge in [0.25, 0.3) is 0 Å². The van der Waals surface area contributed by atoms with Gasteiger partial charge in [-0.2, -0.15) is 0 Å². The van der Waals surface area contributed by atoms with E-state index < -0.39 is 5.60 Å². The second-order valence-electron chi connectivity index (χ2n) is 4.12. The fourth-order valence-corrected chi connectivity index (χ4v) is 1.51. The molecular formula is C13H18O3. The van der Waals surface area contributed by atoms with Gasteiger partial charge in [0.1, 0.15) is 0 Å². The van der Waals surface area contributed by atoms with Crippen LogP contribution in [0.1, 0.15) is 31.4 Å². The molecule has 3 heteroatoms. The van der Waals surface area contributed by atoms with Gasteiger partial charge in [0.15, 0.2) is 0 Å². The lowest BCUT2D eigenvalue weighted by molar-refractivity contribution is -0.148. The Hall–Kier alpha value is -1.35. The summed E-state index contributed by atoms with van der Waals surface area (Å²) in [6, 6.07) is 7.48. The molecule has 1 aromatic rings. The molecule has 0 fully saturated rings. The molecule has 0 spiro atoms. The fraction of sp³-hybridized carbons (Fsp3) is 0.462. The van der Waals surface area contributed by atoms with Crippen molar-refractivity contribution < 1.29 is 14.6 Å². The van der Waals surface area contributed by atoms with Crippen molar-refractivity contribution >= 4 is 5.97 Å². The first-order valence-electron chi connectivity index (χ1n) is 5.41. The van der Waals surface area contributed by atoms with Crippen LogP contribution in [0.15, 0.2) is 24.3 Å². The number of aliphatic hydroxyl groups is 1. The minimum atomic E-state index is -1.17. The lowest BCUT2D eigenvalue weighted by Gasteiger charge is -2.22. The van der Waals surface area contributed by atoms with Crippen LogP contribution in [0.5, 0.6) is 0 Å². The second kappa shape index (κ2) is 5.12. The summed E-state index contributed by atoms with van der Waals surface area (Å²) in [6.07, 6.45) is -0.0239. The quantitative estimate of drug-likeness (QED) is 0.794. The molecule has 0 bridgehead atoms. The Morgan fingerprint density at radius 3 is 2.44 bits per heavy atom. The zero-order valence-electron chi connectivity index (χ0n) is 9.99. The number of carbonyl (C=O) groups is 1. The molecule has 0 aliphatic carbocycles. The fourth-order valence-electron chi connectivity index (χ4n) is 1.51. The first-order chi connectivity index (χ1) is 7.45. The minimum Gasteiger partial charge on any atom is -0.466 e. The van der Waals surface area contributed by atoms with Crippen LogP contribution in [0.3, 0.4) is 0 Å². The molecule has 0 unspecified atom stereocenters. The molecule has 1 N–H and O–H groups in total. The lowest BCUT2D eigenvalue weighted by atomic mass is 9.92. The van der Waals surface area contributed by atoms with E-state index in [1.165, 1.54) is 0 Å². The first kappa shape index (κ1) is 12.7. The summed E-state index contributed by atoms with van der Waals surface area (Å²) in [5.74, 6) is -0.381. The van der Waals surface area contributed by atoms with Gasteiger partial charge in [0, 0.05) is 0 Å². The summed E-state index contributed by atoms with van der Waals surface area (Å²) in [5, 5.41) is 10.2. The van der Waals surface area contributed by atoms with Gasteiger partial charge in [-0.3, -0.25) is 4.79 Å². The van der Waals surface area contributed by atoms with E-state index in [1.807, 2.05) is 31.2 Å². The molecule has 1 rings (SSSR count). The van der Waals surface area contributed by atoms with Crippen LogP contribution < -0.4 is 0 Å². The largest absolute Gasteiger partial charge is 0.466 e. The molecule has 0 aliphatic rings. The summed E-state index contributed by atoms with van der Waals surface area (Å²) in [4.78, 5) is 11.3. The molecule has 1 aromatic carbocycles. The Labute approximate surface area is 96.1 Å². The number of benzene rings is 1. The molecule has 0 aromatic heterocycles. The van der Waals surface area contributed by atoms with Gasteiger partial charge < -0.3 is 9.84 Å².